The Morgan fingerprint density at radius 1 is 1.06 bits per heavy atom. The van der Waals surface area contributed by atoms with Crippen LogP contribution in [0.4, 0.5) is 0 Å². The van der Waals surface area contributed by atoms with Gasteiger partial charge in [-0.3, -0.25) is 4.79 Å². The van der Waals surface area contributed by atoms with Crippen LogP contribution in [0.3, 0.4) is 0 Å². The average Bonchev–Trinajstić information content (AvgIpc) is 3.30. The van der Waals surface area contributed by atoms with Crippen LogP contribution in [0.15, 0.2) is 60.7 Å². The summed E-state index contributed by atoms with van der Waals surface area (Å²) in [5.41, 5.74) is 2.77. The number of nitrogens with one attached hydrogen (secondary N) is 1. The highest BCUT2D eigenvalue weighted by atomic mass is 16.5. The number of hydrogen-bond acceptors (Lipinski definition) is 6. The van der Waals surface area contributed by atoms with Crippen LogP contribution in [-0.2, 0) is 17.8 Å². The number of para-hydroxylation sites is 1. The van der Waals surface area contributed by atoms with Crippen molar-refractivity contribution < 1.29 is 14.6 Å². The monoisotopic (exact) mass is 417 g/mol. The number of carbonyl (C=O) groups is 1. The number of aromatic amines is 1. The lowest BCUT2D eigenvalue weighted by atomic mass is 9.90. The zero-order valence-corrected chi connectivity index (χ0v) is 16.9. The van der Waals surface area contributed by atoms with E-state index in [9.17, 15) is 9.90 Å². The van der Waals surface area contributed by atoms with Crippen molar-refractivity contribution in [2.24, 2.45) is 0 Å². The number of H-pyrrole nitrogens is 1. The quantitative estimate of drug-likeness (QED) is 0.402. The molecule has 0 aliphatic carbocycles. The van der Waals surface area contributed by atoms with Crippen molar-refractivity contribution in [3.05, 3.63) is 77.7 Å². The first kappa shape index (κ1) is 20.5. The van der Waals surface area contributed by atoms with E-state index in [1.54, 1.807) is 0 Å². The molecule has 0 amide bonds. The number of ether oxygens (including phenoxy) is 1. The minimum absolute atomic E-state index is 0.0768. The van der Waals surface area contributed by atoms with E-state index in [1.807, 2.05) is 60.7 Å². The highest BCUT2D eigenvalue weighted by molar-refractivity contribution is 5.78. The number of carboxylic acid groups (broad SMARTS) is 1. The van der Waals surface area contributed by atoms with E-state index in [4.69, 9.17) is 4.74 Å². The molecule has 0 saturated carbocycles. The van der Waals surface area contributed by atoms with Crippen LogP contribution in [0.2, 0.25) is 0 Å². The summed E-state index contributed by atoms with van der Waals surface area (Å²) in [4.78, 5) is 15.9. The van der Waals surface area contributed by atoms with Gasteiger partial charge in [-0.15, -0.1) is 10.2 Å². The molecule has 0 saturated heterocycles. The zero-order valence-electron chi connectivity index (χ0n) is 16.9. The van der Waals surface area contributed by atoms with Crippen LogP contribution in [-0.4, -0.2) is 36.7 Å². The second-order valence-corrected chi connectivity index (χ2v) is 7.37. The summed E-state index contributed by atoms with van der Waals surface area (Å²) < 4.78 is 5.88. The molecule has 0 bridgehead atoms. The Kier molecular flexibility index (Phi) is 6.47. The number of hydrogen-bond donors (Lipinski definition) is 2. The maximum absolute atomic E-state index is 11.3. The van der Waals surface area contributed by atoms with Gasteiger partial charge in [-0.1, -0.05) is 41.6 Å². The summed E-state index contributed by atoms with van der Waals surface area (Å²) >= 11 is 0. The number of carboxylic acids is 1. The number of aromatic nitrogens is 5. The van der Waals surface area contributed by atoms with Crippen molar-refractivity contribution in [1.29, 1.82) is 0 Å². The first-order valence-electron chi connectivity index (χ1n) is 10.2. The molecule has 2 aromatic heterocycles. The third kappa shape index (κ3) is 5.63. The van der Waals surface area contributed by atoms with E-state index in [-0.39, 0.29) is 12.3 Å². The molecule has 0 aliphatic heterocycles. The molecule has 1 atom stereocenters. The van der Waals surface area contributed by atoms with Gasteiger partial charge in [-0.25, -0.2) is 4.98 Å². The molecule has 2 heterocycles. The van der Waals surface area contributed by atoms with Crippen LogP contribution >= 0.6 is 0 Å². The molecule has 0 radical (unpaired) electrons. The Bertz CT molecular complexity index is 1130. The molecule has 0 fully saturated rings. The van der Waals surface area contributed by atoms with Gasteiger partial charge in [-0.05, 0) is 48.6 Å². The largest absolute Gasteiger partial charge is 0.487 e. The molecule has 4 rings (SSSR count). The minimum Gasteiger partial charge on any atom is -0.487 e. The fourth-order valence-electron chi connectivity index (χ4n) is 3.57. The number of aryl methyl sites for hydroxylation is 1. The summed E-state index contributed by atoms with van der Waals surface area (Å²) in [6, 6.07) is 19.6. The van der Waals surface area contributed by atoms with E-state index in [1.165, 1.54) is 0 Å². The van der Waals surface area contributed by atoms with Gasteiger partial charge in [0.05, 0.1) is 17.6 Å². The Morgan fingerprint density at radius 3 is 2.68 bits per heavy atom. The SMILES string of the molecule is O=C(O)CC(CCCc1nn[nH]n1)c1ccc(OCc2ccc3ccccc3n2)cc1. The highest BCUT2D eigenvalue weighted by Crippen LogP contribution is 2.27. The van der Waals surface area contributed by atoms with Crippen LogP contribution < -0.4 is 4.74 Å². The summed E-state index contributed by atoms with van der Waals surface area (Å²) in [7, 11) is 0. The average molecular weight is 417 g/mol. The minimum atomic E-state index is -0.813. The normalized spacial score (nSPS) is 12.0. The second-order valence-electron chi connectivity index (χ2n) is 7.37. The Morgan fingerprint density at radius 2 is 1.90 bits per heavy atom. The maximum atomic E-state index is 11.3. The number of rotatable bonds is 10. The van der Waals surface area contributed by atoms with Gasteiger partial charge in [0.25, 0.3) is 0 Å². The lowest BCUT2D eigenvalue weighted by Gasteiger charge is -2.16. The standard InChI is InChI=1S/C23H23N5O3/c29-23(30)14-18(5-3-7-22-25-27-28-26-22)16-9-12-20(13-10-16)31-15-19-11-8-17-4-1-2-6-21(17)24-19/h1-2,4,6,8-13,18H,3,5,7,14-15H2,(H,29,30)(H,25,26,27,28). The Balaban J connectivity index is 1.36. The molecule has 31 heavy (non-hydrogen) atoms. The topological polar surface area (TPSA) is 114 Å². The number of pyridine rings is 1. The molecule has 2 aromatic carbocycles. The lowest BCUT2D eigenvalue weighted by Crippen LogP contribution is -2.07. The zero-order chi connectivity index (χ0) is 21.5. The van der Waals surface area contributed by atoms with Gasteiger partial charge in [0.1, 0.15) is 12.4 Å². The fourth-order valence-corrected chi connectivity index (χ4v) is 3.57. The summed E-state index contributed by atoms with van der Waals surface area (Å²) in [6.45, 7) is 0.368. The van der Waals surface area contributed by atoms with Crippen LogP contribution in [0.25, 0.3) is 10.9 Å². The predicted molar refractivity (Wildman–Crippen MR) is 115 cm³/mol. The van der Waals surface area contributed by atoms with Crippen molar-refractivity contribution in [2.45, 2.75) is 38.2 Å². The summed E-state index contributed by atoms with van der Waals surface area (Å²) in [5.74, 6) is 0.465. The first-order chi connectivity index (χ1) is 15.2. The Hall–Kier alpha value is -3.81. The molecule has 2 N–H and O–H groups in total. The number of tetrazole rings is 1. The van der Waals surface area contributed by atoms with Gasteiger partial charge in [0.15, 0.2) is 5.82 Å². The van der Waals surface area contributed by atoms with E-state index < -0.39 is 5.97 Å². The Labute approximate surface area is 179 Å². The van der Waals surface area contributed by atoms with Crippen LogP contribution in [0, 0.1) is 0 Å². The van der Waals surface area contributed by atoms with E-state index in [0.717, 1.165) is 40.8 Å². The molecule has 8 heteroatoms. The molecule has 0 aliphatic rings. The summed E-state index contributed by atoms with van der Waals surface area (Å²) in [6.07, 6.45) is 2.24. The molecule has 4 aromatic rings. The smallest absolute Gasteiger partial charge is 0.303 e. The molecular formula is C23H23N5O3. The third-order valence-electron chi connectivity index (χ3n) is 5.16. The second kappa shape index (κ2) is 9.80. The van der Waals surface area contributed by atoms with Crippen LogP contribution in [0.1, 0.15) is 42.3 Å². The van der Waals surface area contributed by atoms with Crippen molar-refractivity contribution in [3.63, 3.8) is 0 Å². The van der Waals surface area contributed by atoms with Gasteiger partial charge in [0, 0.05) is 11.8 Å². The molecule has 158 valence electrons. The lowest BCUT2D eigenvalue weighted by molar-refractivity contribution is -0.137. The maximum Gasteiger partial charge on any atom is 0.303 e. The van der Waals surface area contributed by atoms with E-state index >= 15 is 0 Å². The number of benzene rings is 2. The van der Waals surface area contributed by atoms with Crippen molar-refractivity contribution in [2.75, 3.05) is 0 Å². The van der Waals surface area contributed by atoms with Gasteiger partial charge >= 0.3 is 5.97 Å². The number of aliphatic carboxylic acids is 1. The van der Waals surface area contributed by atoms with E-state index in [2.05, 4.69) is 25.6 Å². The first-order valence-corrected chi connectivity index (χ1v) is 10.2. The fraction of sp³-hybridized carbons (Fsp3) is 0.261. The van der Waals surface area contributed by atoms with Crippen molar-refractivity contribution in [3.8, 4) is 5.75 Å². The van der Waals surface area contributed by atoms with Crippen molar-refractivity contribution >= 4 is 16.9 Å². The summed E-state index contributed by atoms with van der Waals surface area (Å²) in [5, 5.41) is 24.2. The highest BCUT2D eigenvalue weighted by Gasteiger charge is 2.16. The molecule has 0 spiro atoms. The van der Waals surface area contributed by atoms with Gasteiger partial charge in [0.2, 0.25) is 0 Å². The molecular weight excluding hydrogens is 394 g/mol. The van der Waals surface area contributed by atoms with Crippen LogP contribution in [0.5, 0.6) is 5.75 Å². The van der Waals surface area contributed by atoms with Crippen molar-refractivity contribution in [1.82, 2.24) is 25.6 Å². The molecule has 8 nitrogen and oxygen atoms in total. The van der Waals surface area contributed by atoms with Gasteiger partial charge in [-0.2, -0.15) is 5.21 Å². The third-order valence-corrected chi connectivity index (χ3v) is 5.16. The number of fused-ring (bicyclic) bond motifs is 1. The van der Waals surface area contributed by atoms with E-state index in [0.29, 0.717) is 18.9 Å². The predicted octanol–water partition coefficient (Wildman–Crippen LogP) is 3.91. The number of nitrogens with zero attached hydrogens (tertiary/aromatic N) is 4. The van der Waals surface area contributed by atoms with Gasteiger partial charge < -0.3 is 9.84 Å². The molecule has 1 unspecified atom stereocenters.